The van der Waals surface area contributed by atoms with Gasteiger partial charge in [-0.25, -0.2) is 0 Å². The van der Waals surface area contributed by atoms with Crippen molar-refractivity contribution < 1.29 is 0 Å². The zero-order valence-electron chi connectivity index (χ0n) is 9.71. The van der Waals surface area contributed by atoms with Crippen LogP contribution in [-0.4, -0.2) is 50.1 Å². The second-order valence-corrected chi connectivity index (χ2v) is 5.40. The van der Waals surface area contributed by atoms with Crippen molar-refractivity contribution in [3.8, 4) is 0 Å². The van der Waals surface area contributed by atoms with Gasteiger partial charge in [-0.15, -0.1) is 0 Å². The number of rotatable bonds is 2. The van der Waals surface area contributed by atoms with Crippen LogP contribution in [-0.2, 0) is 0 Å². The molecule has 82 valence electrons. The summed E-state index contributed by atoms with van der Waals surface area (Å²) >= 11 is 0. The third-order valence-corrected chi connectivity index (χ3v) is 3.99. The molecule has 0 spiro atoms. The molecule has 0 radical (unpaired) electrons. The van der Waals surface area contributed by atoms with Gasteiger partial charge in [0.2, 0.25) is 0 Å². The van der Waals surface area contributed by atoms with Crippen LogP contribution in [0.25, 0.3) is 0 Å². The van der Waals surface area contributed by atoms with Crippen molar-refractivity contribution in [3.05, 3.63) is 0 Å². The van der Waals surface area contributed by atoms with Crippen molar-refractivity contribution in [2.75, 3.05) is 40.3 Å². The first-order valence-corrected chi connectivity index (χ1v) is 6.11. The minimum absolute atomic E-state index is 1.01. The number of nitrogens with zero attached hydrogens (tertiary/aromatic N) is 2. The summed E-state index contributed by atoms with van der Waals surface area (Å²) in [6, 6.07) is 0. The van der Waals surface area contributed by atoms with E-state index >= 15 is 0 Å². The average molecular weight is 196 g/mol. The molecule has 2 fully saturated rings. The summed E-state index contributed by atoms with van der Waals surface area (Å²) in [6.45, 7) is 5.34. The third-order valence-electron chi connectivity index (χ3n) is 3.99. The highest BCUT2D eigenvalue weighted by molar-refractivity contribution is 4.78. The lowest BCUT2D eigenvalue weighted by molar-refractivity contribution is 0.195. The molecular formula is C12H24N2. The Morgan fingerprint density at radius 3 is 2.00 bits per heavy atom. The van der Waals surface area contributed by atoms with Gasteiger partial charge in [0, 0.05) is 6.54 Å². The zero-order chi connectivity index (χ0) is 9.97. The first kappa shape index (κ1) is 10.4. The van der Waals surface area contributed by atoms with Gasteiger partial charge in [0.05, 0.1) is 0 Å². The maximum Gasteiger partial charge on any atom is 0.000719 e. The van der Waals surface area contributed by atoms with Crippen molar-refractivity contribution in [2.24, 2.45) is 11.8 Å². The minimum atomic E-state index is 1.01. The Hall–Kier alpha value is -0.0800. The van der Waals surface area contributed by atoms with E-state index in [0.29, 0.717) is 0 Å². The largest absolute Gasteiger partial charge is 0.306 e. The standard InChI is InChI=1S/C12H24N2/c1-13-6-3-11(4-7-13)9-12-5-8-14(2)10-12/h11-12H,3-10H2,1-2H3. The van der Waals surface area contributed by atoms with Crippen LogP contribution in [0.15, 0.2) is 0 Å². The Balaban J connectivity index is 1.70. The lowest BCUT2D eigenvalue weighted by Gasteiger charge is -2.30. The van der Waals surface area contributed by atoms with Gasteiger partial charge in [-0.3, -0.25) is 0 Å². The lowest BCUT2D eigenvalue weighted by atomic mass is 9.87. The van der Waals surface area contributed by atoms with Crippen LogP contribution in [0, 0.1) is 11.8 Å². The Morgan fingerprint density at radius 1 is 0.857 bits per heavy atom. The summed E-state index contributed by atoms with van der Waals surface area (Å²) in [7, 11) is 4.51. The maximum atomic E-state index is 2.49. The third kappa shape index (κ3) is 2.71. The van der Waals surface area contributed by atoms with Gasteiger partial charge in [0.15, 0.2) is 0 Å². The molecule has 0 aliphatic carbocycles. The van der Waals surface area contributed by atoms with Crippen LogP contribution < -0.4 is 0 Å². The molecule has 0 bridgehead atoms. The van der Waals surface area contributed by atoms with E-state index < -0.39 is 0 Å². The summed E-state index contributed by atoms with van der Waals surface area (Å²) < 4.78 is 0. The molecule has 1 atom stereocenters. The zero-order valence-corrected chi connectivity index (χ0v) is 9.71. The lowest BCUT2D eigenvalue weighted by Crippen LogP contribution is -2.31. The van der Waals surface area contributed by atoms with Gasteiger partial charge in [-0.05, 0) is 71.2 Å². The van der Waals surface area contributed by atoms with E-state index in [9.17, 15) is 0 Å². The van der Waals surface area contributed by atoms with Crippen LogP contribution in [0.4, 0.5) is 0 Å². The molecule has 2 rings (SSSR count). The van der Waals surface area contributed by atoms with E-state index in [1.807, 2.05) is 0 Å². The van der Waals surface area contributed by atoms with E-state index in [-0.39, 0.29) is 0 Å². The van der Waals surface area contributed by atoms with Gasteiger partial charge >= 0.3 is 0 Å². The van der Waals surface area contributed by atoms with Crippen molar-refractivity contribution in [2.45, 2.75) is 25.7 Å². The number of hydrogen-bond acceptors (Lipinski definition) is 2. The monoisotopic (exact) mass is 196 g/mol. The van der Waals surface area contributed by atoms with Crippen LogP contribution >= 0.6 is 0 Å². The Morgan fingerprint density at radius 2 is 1.43 bits per heavy atom. The molecule has 0 N–H and O–H groups in total. The van der Waals surface area contributed by atoms with Crippen molar-refractivity contribution in [1.29, 1.82) is 0 Å². The highest BCUT2D eigenvalue weighted by atomic mass is 15.1. The molecule has 14 heavy (non-hydrogen) atoms. The maximum absolute atomic E-state index is 2.49. The Labute approximate surface area is 88.3 Å². The summed E-state index contributed by atoms with van der Waals surface area (Å²) in [4.78, 5) is 4.96. The van der Waals surface area contributed by atoms with Crippen molar-refractivity contribution in [3.63, 3.8) is 0 Å². The first-order valence-electron chi connectivity index (χ1n) is 6.11. The van der Waals surface area contributed by atoms with Crippen molar-refractivity contribution >= 4 is 0 Å². The number of piperidine rings is 1. The van der Waals surface area contributed by atoms with Crippen LogP contribution in [0.5, 0.6) is 0 Å². The fourth-order valence-corrected chi connectivity index (χ4v) is 2.99. The van der Waals surface area contributed by atoms with Gasteiger partial charge in [-0.2, -0.15) is 0 Å². The average Bonchev–Trinajstić information content (AvgIpc) is 2.56. The predicted octanol–water partition coefficient (Wildman–Crippen LogP) is 1.67. The molecule has 2 aliphatic rings. The van der Waals surface area contributed by atoms with Gasteiger partial charge in [0.25, 0.3) is 0 Å². The highest BCUT2D eigenvalue weighted by Gasteiger charge is 2.24. The number of hydrogen-bond donors (Lipinski definition) is 0. The SMILES string of the molecule is CN1CCC(CC2CCN(C)C2)CC1. The molecule has 0 aromatic rings. The van der Waals surface area contributed by atoms with Crippen LogP contribution in [0.1, 0.15) is 25.7 Å². The Bertz CT molecular complexity index is 173. The Kier molecular flexibility index (Phi) is 3.45. The van der Waals surface area contributed by atoms with Gasteiger partial charge < -0.3 is 9.80 Å². The molecule has 0 aromatic heterocycles. The molecule has 1 unspecified atom stereocenters. The van der Waals surface area contributed by atoms with Gasteiger partial charge in [-0.1, -0.05) is 0 Å². The second-order valence-electron chi connectivity index (χ2n) is 5.40. The van der Waals surface area contributed by atoms with Crippen molar-refractivity contribution in [1.82, 2.24) is 9.80 Å². The summed E-state index contributed by atoms with van der Waals surface area (Å²) in [5, 5.41) is 0. The van der Waals surface area contributed by atoms with E-state index in [1.54, 1.807) is 0 Å². The molecule has 0 saturated carbocycles. The topological polar surface area (TPSA) is 6.48 Å². The molecule has 0 amide bonds. The fourth-order valence-electron chi connectivity index (χ4n) is 2.99. The highest BCUT2D eigenvalue weighted by Crippen LogP contribution is 2.28. The second kappa shape index (κ2) is 4.63. The van der Waals surface area contributed by atoms with E-state index in [2.05, 4.69) is 23.9 Å². The smallest absolute Gasteiger partial charge is 0.000719 e. The quantitative estimate of drug-likeness (QED) is 0.663. The molecule has 2 heterocycles. The van der Waals surface area contributed by atoms with E-state index in [4.69, 9.17) is 0 Å². The predicted molar refractivity (Wildman–Crippen MR) is 60.4 cm³/mol. The molecule has 2 nitrogen and oxygen atoms in total. The summed E-state index contributed by atoms with van der Waals surface area (Å²) in [6.07, 6.45) is 5.83. The van der Waals surface area contributed by atoms with Crippen LogP contribution in [0.2, 0.25) is 0 Å². The molecule has 2 saturated heterocycles. The summed E-state index contributed by atoms with van der Waals surface area (Å²) in [5.41, 5.74) is 0. The van der Waals surface area contributed by atoms with Gasteiger partial charge in [0.1, 0.15) is 0 Å². The molecule has 2 aliphatic heterocycles. The van der Waals surface area contributed by atoms with Crippen LogP contribution in [0.3, 0.4) is 0 Å². The number of likely N-dealkylation sites (tertiary alicyclic amines) is 2. The molecule has 2 heteroatoms. The normalized spacial score (nSPS) is 32.6. The summed E-state index contributed by atoms with van der Waals surface area (Å²) in [5.74, 6) is 2.04. The minimum Gasteiger partial charge on any atom is -0.306 e. The first-order chi connectivity index (χ1) is 6.74. The van der Waals surface area contributed by atoms with E-state index in [0.717, 1.165) is 11.8 Å². The fraction of sp³-hybridized carbons (Fsp3) is 1.00. The van der Waals surface area contributed by atoms with E-state index in [1.165, 1.54) is 51.9 Å². The molecule has 0 aromatic carbocycles. The molecular weight excluding hydrogens is 172 g/mol.